The molecule has 0 amide bonds. The highest BCUT2D eigenvalue weighted by Crippen LogP contribution is 2.35. The van der Waals surface area contributed by atoms with Gasteiger partial charge in [0, 0.05) is 25.7 Å². The molecule has 2 aromatic carbocycles. The molecule has 0 saturated carbocycles. The fourth-order valence-electron chi connectivity index (χ4n) is 2.33. The topological polar surface area (TPSA) is 54.4 Å². The summed E-state index contributed by atoms with van der Waals surface area (Å²) < 4.78 is 2.16. The quantitative estimate of drug-likeness (QED) is 0.742. The molecule has 0 saturated heterocycles. The Balaban J connectivity index is 2.21. The molecule has 3 nitrogen and oxygen atoms in total. The van der Waals surface area contributed by atoms with Crippen molar-refractivity contribution in [3.8, 4) is 0 Å². The number of hydrogen-bond acceptors (Lipinski definition) is 3. The highest BCUT2D eigenvalue weighted by molar-refractivity contribution is 7.25. The van der Waals surface area contributed by atoms with Crippen LogP contribution in [0.4, 0.5) is 0 Å². The predicted molar refractivity (Wildman–Crippen MR) is 80.7 cm³/mol. The molecule has 0 atom stereocenters. The van der Waals surface area contributed by atoms with Crippen molar-refractivity contribution in [1.29, 1.82) is 0 Å². The van der Waals surface area contributed by atoms with Gasteiger partial charge in [0.2, 0.25) is 0 Å². The van der Waals surface area contributed by atoms with Crippen LogP contribution in [-0.2, 0) is 11.2 Å². The van der Waals surface area contributed by atoms with Gasteiger partial charge in [-0.25, -0.2) is 0 Å². The molecule has 0 spiro atoms. The second kappa shape index (κ2) is 4.72. The van der Waals surface area contributed by atoms with Crippen LogP contribution in [0.3, 0.4) is 0 Å². The largest absolute Gasteiger partial charge is 0.481 e. The average molecular weight is 284 g/mol. The number of fused-ring (bicyclic) bond motifs is 3. The Kier molecular flexibility index (Phi) is 3.03. The van der Waals surface area contributed by atoms with E-state index in [9.17, 15) is 9.59 Å². The number of thiophene rings is 1. The molecule has 3 rings (SSSR count). The highest BCUT2D eigenvalue weighted by Gasteiger charge is 2.09. The Morgan fingerprint density at radius 3 is 2.55 bits per heavy atom. The number of carboxylic acids is 1. The standard InChI is InChI=1S/C16H12O3S/c1-9(17)11-3-5-14-13(8-11)12-4-2-10(7-16(18)19)6-15(12)20-14/h2-6,8H,7H2,1H3,(H,18,19). The predicted octanol–water partition coefficient (Wildman–Crippen LogP) is 3.88. The number of carbonyl (C=O) groups is 2. The number of rotatable bonds is 3. The summed E-state index contributed by atoms with van der Waals surface area (Å²) in [5.74, 6) is -0.780. The molecular weight excluding hydrogens is 272 g/mol. The van der Waals surface area contributed by atoms with Gasteiger partial charge in [0.05, 0.1) is 6.42 Å². The molecule has 1 N–H and O–H groups in total. The van der Waals surface area contributed by atoms with Gasteiger partial charge in [-0.2, -0.15) is 0 Å². The molecule has 0 fully saturated rings. The Morgan fingerprint density at radius 1 is 1.05 bits per heavy atom. The first-order valence-electron chi connectivity index (χ1n) is 6.22. The molecule has 100 valence electrons. The normalized spacial score (nSPS) is 11.1. The van der Waals surface area contributed by atoms with Crippen LogP contribution in [0.25, 0.3) is 20.2 Å². The fraction of sp³-hybridized carbons (Fsp3) is 0.125. The van der Waals surface area contributed by atoms with Gasteiger partial charge in [-0.1, -0.05) is 12.1 Å². The van der Waals surface area contributed by atoms with Crippen LogP contribution in [0.2, 0.25) is 0 Å². The van der Waals surface area contributed by atoms with Crippen LogP contribution < -0.4 is 0 Å². The zero-order chi connectivity index (χ0) is 14.3. The first kappa shape index (κ1) is 12.8. The molecule has 20 heavy (non-hydrogen) atoms. The maximum Gasteiger partial charge on any atom is 0.307 e. The first-order valence-corrected chi connectivity index (χ1v) is 7.04. The molecule has 0 aliphatic carbocycles. The molecule has 1 aromatic heterocycles. The minimum Gasteiger partial charge on any atom is -0.481 e. The number of hydrogen-bond donors (Lipinski definition) is 1. The summed E-state index contributed by atoms with van der Waals surface area (Å²) in [4.78, 5) is 22.2. The van der Waals surface area contributed by atoms with Crippen LogP contribution in [0.5, 0.6) is 0 Å². The van der Waals surface area contributed by atoms with Crippen molar-refractivity contribution in [2.75, 3.05) is 0 Å². The number of benzene rings is 2. The SMILES string of the molecule is CC(=O)c1ccc2sc3cc(CC(=O)O)ccc3c2c1. The molecule has 4 heteroatoms. The van der Waals surface area contributed by atoms with Gasteiger partial charge < -0.3 is 5.11 Å². The van der Waals surface area contributed by atoms with Gasteiger partial charge >= 0.3 is 5.97 Å². The fourth-order valence-corrected chi connectivity index (χ4v) is 3.48. The Hall–Kier alpha value is -2.20. The van der Waals surface area contributed by atoms with E-state index in [0.717, 1.165) is 25.7 Å². The summed E-state index contributed by atoms with van der Waals surface area (Å²) in [7, 11) is 0. The van der Waals surface area contributed by atoms with Crippen molar-refractivity contribution in [3.05, 3.63) is 47.5 Å². The van der Waals surface area contributed by atoms with E-state index in [1.165, 1.54) is 0 Å². The molecule has 0 aliphatic rings. The molecule has 0 radical (unpaired) electrons. The van der Waals surface area contributed by atoms with Crippen LogP contribution in [0.1, 0.15) is 22.8 Å². The van der Waals surface area contributed by atoms with E-state index in [2.05, 4.69) is 0 Å². The zero-order valence-corrected chi connectivity index (χ0v) is 11.7. The number of aliphatic carboxylic acids is 1. The minimum absolute atomic E-state index is 0.0306. The van der Waals surface area contributed by atoms with Crippen molar-refractivity contribution >= 4 is 43.3 Å². The Morgan fingerprint density at radius 2 is 1.85 bits per heavy atom. The van der Waals surface area contributed by atoms with E-state index < -0.39 is 5.97 Å². The summed E-state index contributed by atoms with van der Waals surface area (Å²) in [5, 5.41) is 11.0. The van der Waals surface area contributed by atoms with E-state index in [1.54, 1.807) is 18.3 Å². The molecule has 0 bridgehead atoms. The Labute approximate surface area is 119 Å². The number of carboxylic acid groups (broad SMARTS) is 1. The van der Waals surface area contributed by atoms with E-state index in [4.69, 9.17) is 5.11 Å². The smallest absolute Gasteiger partial charge is 0.307 e. The molecule has 0 aliphatic heterocycles. The first-order chi connectivity index (χ1) is 9.54. The molecule has 1 heterocycles. The maximum atomic E-state index is 11.5. The molecule has 0 unspecified atom stereocenters. The molecule has 3 aromatic rings. The van der Waals surface area contributed by atoms with Gasteiger partial charge in [0.25, 0.3) is 0 Å². The van der Waals surface area contributed by atoms with E-state index in [-0.39, 0.29) is 12.2 Å². The Bertz CT molecular complexity index is 845. The third kappa shape index (κ3) is 2.18. The van der Waals surface area contributed by atoms with Crippen molar-refractivity contribution in [1.82, 2.24) is 0 Å². The lowest BCUT2D eigenvalue weighted by Gasteiger charge is -1.98. The van der Waals surface area contributed by atoms with Crippen LogP contribution in [0.15, 0.2) is 36.4 Å². The highest BCUT2D eigenvalue weighted by atomic mass is 32.1. The number of ketones is 1. The van der Waals surface area contributed by atoms with Gasteiger partial charge in [-0.15, -0.1) is 11.3 Å². The summed E-state index contributed by atoms with van der Waals surface area (Å²) in [6.07, 6.45) is 0.0306. The number of Topliss-reactive ketones (excluding diaryl/α,β-unsaturated/α-hetero) is 1. The van der Waals surface area contributed by atoms with E-state index in [1.807, 2.05) is 36.4 Å². The number of carbonyl (C=O) groups excluding carboxylic acids is 1. The second-order valence-corrected chi connectivity index (χ2v) is 5.85. The summed E-state index contributed by atoms with van der Waals surface area (Å²) in [5.41, 5.74) is 1.50. The van der Waals surface area contributed by atoms with Crippen molar-refractivity contribution < 1.29 is 14.7 Å². The third-order valence-electron chi connectivity index (χ3n) is 3.30. The second-order valence-electron chi connectivity index (χ2n) is 4.77. The van der Waals surface area contributed by atoms with Crippen LogP contribution in [-0.4, -0.2) is 16.9 Å². The minimum atomic E-state index is -0.829. The van der Waals surface area contributed by atoms with E-state index in [0.29, 0.717) is 5.56 Å². The lowest BCUT2D eigenvalue weighted by molar-refractivity contribution is -0.136. The summed E-state index contributed by atoms with van der Waals surface area (Å²) in [6, 6.07) is 11.4. The molecular formula is C16H12O3S. The lowest BCUT2D eigenvalue weighted by Crippen LogP contribution is -1.99. The van der Waals surface area contributed by atoms with E-state index >= 15 is 0 Å². The lowest BCUT2D eigenvalue weighted by atomic mass is 10.1. The maximum absolute atomic E-state index is 11.5. The van der Waals surface area contributed by atoms with Crippen molar-refractivity contribution in [2.45, 2.75) is 13.3 Å². The summed E-state index contributed by atoms with van der Waals surface area (Å²) >= 11 is 1.62. The monoisotopic (exact) mass is 284 g/mol. The summed E-state index contributed by atoms with van der Waals surface area (Å²) in [6.45, 7) is 1.56. The van der Waals surface area contributed by atoms with Crippen LogP contribution in [0, 0.1) is 0 Å². The van der Waals surface area contributed by atoms with Gasteiger partial charge in [0.1, 0.15) is 0 Å². The zero-order valence-electron chi connectivity index (χ0n) is 10.8. The third-order valence-corrected chi connectivity index (χ3v) is 4.43. The van der Waals surface area contributed by atoms with Crippen LogP contribution >= 0.6 is 11.3 Å². The van der Waals surface area contributed by atoms with Crippen molar-refractivity contribution in [2.24, 2.45) is 0 Å². The van der Waals surface area contributed by atoms with Crippen molar-refractivity contribution in [3.63, 3.8) is 0 Å². The van der Waals surface area contributed by atoms with Gasteiger partial charge in [-0.3, -0.25) is 9.59 Å². The van der Waals surface area contributed by atoms with Gasteiger partial charge in [0.15, 0.2) is 5.78 Å². The average Bonchev–Trinajstić information content (AvgIpc) is 2.74. The van der Waals surface area contributed by atoms with Gasteiger partial charge in [-0.05, 0) is 36.8 Å².